The normalized spacial score (nSPS) is 4.77. The van der Waals surface area contributed by atoms with Crippen LogP contribution in [0.2, 0.25) is 0 Å². The summed E-state index contributed by atoms with van der Waals surface area (Å²) in [4.78, 5) is 0. The molecule has 0 amide bonds. The third-order valence-corrected chi connectivity index (χ3v) is 0.800. The minimum Gasteiger partial charge on any atom is -0.399 e. The third kappa shape index (κ3) is 19.1. The lowest BCUT2D eigenvalue weighted by atomic mass is 10.3. The van der Waals surface area contributed by atoms with Gasteiger partial charge in [-0.15, -0.1) is 80.8 Å². The first-order chi connectivity index (χ1) is 4.39. The van der Waals surface area contributed by atoms with E-state index in [0.717, 1.165) is 5.69 Å². The smallest absolute Gasteiger partial charge is 0.0313 e. The van der Waals surface area contributed by atoms with Crippen molar-refractivity contribution in [3.63, 3.8) is 0 Å². The molecule has 0 aliphatic carbocycles. The molecule has 0 aliphatic rings. The van der Waals surface area contributed by atoms with Crippen molar-refractivity contribution in [2.75, 3.05) is 5.73 Å². The number of halogens is 4. The summed E-state index contributed by atoms with van der Waals surface area (Å²) < 4.78 is 0. The van der Waals surface area contributed by atoms with E-state index in [-0.39, 0.29) is 67.9 Å². The Morgan fingerprint density at radius 1 is 0.769 bits per heavy atom. The average Bonchev–Trinajstić information content (AvgIpc) is 1.94. The van der Waals surface area contributed by atoms with Crippen LogP contribution in [0.5, 0.6) is 0 Å². The maximum Gasteiger partial charge on any atom is 0.0313 e. The standard InChI is InChI=1S/C6H7N.C2H2.4BrH/c7-6-4-2-1-3-5-6;1-2;;;;/h1-5H,7H2;1-2H;4*1H. The van der Waals surface area contributed by atoms with Gasteiger partial charge in [0.25, 0.3) is 0 Å². The highest BCUT2D eigenvalue weighted by Crippen LogP contribution is 1.95. The highest BCUT2D eigenvalue weighted by Gasteiger charge is 1.72. The Kier molecular flexibility index (Phi) is 51.4. The number of para-hydroxylation sites is 1. The van der Waals surface area contributed by atoms with E-state index in [2.05, 4.69) is 12.8 Å². The summed E-state index contributed by atoms with van der Waals surface area (Å²) >= 11 is 0. The van der Waals surface area contributed by atoms with Gasteiger partial charge in [0.1, 0.15) is 0 Å². The minimum absolute atomic E-state index is 0. The fraction of sp³-hybridized carbons (Fsp3) is 0. The highest BCUT2D eigenvalue weighted by atomic mass is 79.9. The summed E-state index contributed by atoms with van der Waals surface area (Å²) in [6, 6.07) is 9.49. The molecule has 13 heavy (non-hydrogen) atoms. The molecule has 0 saturated heterocycles. The van der Waals surface area contributed by atoms with Gasteiger partial charge in [0.05, 0.1) is 0 Å². The molecule has 0 fully saturated rings. The molecule has 1 nitrogen and oxygen atoms in total. The Morgan fingerprint density at radius 2 is 1.08 bits per heavy atom. The predicted molar refractivity (Wildman–Crippen MR) is 82.0 cm³/mol. The van der Waals surface area contributed by atoms with Gasteiger partial charge < -0.3 is 5.73 Å². The van der Waals surface area contributed by atoms with Gasteiger partial charge in [0.15, 0.2) is 0 Å². The minimum atomic E-state index is 0. The second kappa shape index (κ2) is 22.9. The largest absolute Gasteiger partial charge is 0.399 e. The van der Waals surface area contributed by atoms with Gasteiger partial charge in [0, 0.05) is 5.69 Å². The fourth-order valence-corrected chi connectivity index (χ4v) is 0.453. The molecule has 0 heterocycles. The van der Waals surface area contributed by atoms with Gasteiger partial charge in [-0.3, -0.25) is 0 Å². The van der Waals surface area contributed by atoms with Crippen LogP contribution in [-0.2, 0) is 0 Å². The zero-order valence-electron chi connectivity index (χ0n) is 6.75. The summed E-state index contributed by atoms with van der Waals surface area (Å²) in [5.74, 6) is 0. The molecule has 78 valence electrons. The number of hydrogen-bond donors (Lipinski definition) is 1. The van der Waals surface area contributed by atoms with Crippen LogP contribution < -0.4 is 5.73 Å². The molecule has 1 aromatic carbocycles. The van der Waals surface area contributed by atoms with Crippen LogP contribution in [0.15, 0.2) is 30.3 Å². The van der Waals surface area contributed by atoms with Gasteiger partial charge >= 0.3 is 0 Å². The van der Waals surface area contributed by atoms with E-state index in [1.54, 1.807) is 0 Å². The number of nitrogen functional groups attached to an aromatic ring is 1. The molecule has 0 aliphatic heterocycles. The molecular formula is C8H13Br4N. The molecule has 1 aromatic rings. The zero-order valence-corrected chi connectivity index (χ0v) is 13.6. The lowest BCUT2D eigenvalue weighted by Crippen LogP contribution is -1.79. The van der Waals surface area contributed by atoms with Crippen LogP contribution in [0.25, 0.3) is 0 Å². The summed E-state index contributed by atoms with van der Waals surface area (Å²) in [6.45, 7) is 0. The van der Waals surface area contributed by atoms with Crippen LogP contribution >= 0.6 is 67.9 Å². The van der Waals surface area contributed by atoms with Crippen molar-refractivity contribution in [3.05, 3.63) is 30.3 Å². The Balaban J connectivity index is -0.0000000335. The number of anilines is 1. The molecule has 0 spiro atoms. The Bertz CT molecular complexity index is 176. The van der Waals surface area contributed by atoms with E-state index in [1.807, 2.05) is 30.3 Å². The van der Waals surface area contributed by atoms with E-state index < -0.39 is 0 Å². The Hall–Kier alpha value is 0.500. The quantitative estimate of drug-likeness (QED) is 0.479. The molecule has 0 bridgehead atoms. The molecule has 0 atom stereocenters. The number of hydrogen-bond acceptors (Lipinski definition) is 1. The summed E-state index contributed by atoms with van der Waals surface area (Å²) in [6.07, 6.45) is 8.00. The van der Waals surface area contributed by atoms with E-state index in [4.69, 9.17) is 5.73 Å². The first-order valence-corrected chi connectivity index (χ1v) is 2.53. The van der Waals surface area contributed by atoms with Crippen molar-refractivity contribution in [3.8, 4) is 12.8 Å². The van der Waals surface area contributed by atoms with Crippen molar-refractivity contribution in [2.45, 2.75) is 0 Å². The van der Waals surface area contributed by atoms with Crippen molar-refractivity contribution in [2.24, 2.45) is 0 Å². The summed E-state index contributed by atoms with van der Waals surface area (Å²) in [5.41, 5.74) is 6.18. The van der Waals surface area contributed by atoms with Gasteiger partial charge in [-0.1, -0.05) is 18.2 Å². The van der Waals surface area contributed by atoms with Crippen molar-refractivity contribution >= 4 is 73.6 Å². The SMILES string of the molecule is Br.Br.Br.Br.C#C.Nc1ccccc1. The second-order valence-corrected chi connectivity index (χ2v) is 1.41. The molecular weight excluding hydrogens is 430 g/mol. The van der Waals surface area contributed by atoms with Crippen LogP contribution in [0.3, 0.4) is 0 Å². The van der Waals surface area contributed by atoms with Crippen molar-refractivity contribution in [1.82, 2.24) is 0 Å². The number of rotatable bonds is 0. The monoisotopic (exact) mass is 439 g/mol. The van der Waals surface area contributed by atoms with Gasteiger partial charge in [0.2, 0.25) is 0 Å². The van der Waals surface area contributed by atoms with Gasteiger partial charge in [-0.05, 0) is 12.1 Å². The first kappa shape index (κ1) is 29.2. The summed E-state index contributed by atoms with van der Waals surface area (Å²) in [7, 11) is 0. The zero-order chi connectivity index (χ0) is 7.11. The van der Waals surface area contributed by atoms with Crippen LogP contribution in [0.4, 0.5) is 5.69 Å². The Labute approximate surface area is 122 Å². The fourth-order valence-electron chi connectivity index (χ4n) is 0.453. The highest BCUT2D eigenvalue weighted by molar-refractivity contribution is 8.93. The van der Waals surface area contributed by atoms with Crippen LogP contribution in [-0.4, -0.2) is 0 Å². The molecule has 0 unspecified atom stereocenters. The van der Waals surface area contributed by atoms with E-state index in [1.165, 1.54) is 0 Å². The average molecular weight is 443 g/mol. The third-order valence-electron chi connectivity index (χ3n) is 0.800. The van der Waals surface area contributed by atoms with Gasteiger partial charge in [-0.2, -0.15) is 0 Å². The van der Waals surface area contributed by atoms with Crippen LogP contribution in [0, 0.1) is 12.8 Å². The maximum absolute atomic E-state index is 5.36. The predicted octanol–water partition coefficient (Wildman–Crippen LogP) is 3.83. The molecule has 0 saturated carbocycles. The number of nitrogens with two attached hydrogens (primary N) is 1. The Morgan fingerprint density at radius 3 is 1.23 bits per heavy atom. The van der Waals surface area contributed by atoms with Crippen LogP contribution in [0.1, 0.15) is 0 Å². The van der Waals surface area contributed by atoms with Gasteiger partial charge in [-0.25, -0.2) is 0 Å². The number of terminal acetylenes is 1. The maximum atomic E-state index is 5.36. The summed E-state index contributed by atoms with van der Waals surface area (Å²) in [5, 5.41) is 0. The molecule has 0 aromatic heterocycles. The topological polar surface area (TPSA) is 26.0 Å². The van der Waals surface area contributed by atoms with E-state index >= 15 is 0 Å². The van der Waals surface area contributed by atoms with Crippen molar-refractivity contribution in [1.29, 1.82) is 0 Å². The number of benzene rings is 1. The molecule has 1 rings (SSSR count). The lowest BCUT2D eigenvalue weighted by Gasteiger charge is -1.83. The van der Waals surface area contributed by atoms with E-state index in [9.17, 15) is 0 Å². The lowest BCUT2D eigenvalue weighted by molar-refractivity contribution is 1.69. The molecule has 0 radical (unpaired) electrons. The first-order valence-electron chi connectivity index (χ1n) is 2.53. The molecule has 5 heteroatoms. The van der Waals surface area contributed by atoms with E-state index in [0.29, 0.717) is 0 Å². The van der Waals surface area contributed by atoms with Crippen molar-refractivity contribution < 1.29 is 0 Å². The molecule has 2 N–H and O–H groups in total. The second-order valence-electron chi connectivity index (χ2n) is 1.41.